The van der Waals surface area contributed by atoms with Gasteiger partial charge in [0.15, 0.2) is 5.96 Å². The molecule has 0 spiro atoms. The lowest BCUT2D eigenvalue weighted by atomic mass is 10.1. The van der Waals surface area contributed by atoms with Gasteiger partial charge in [-0.25, -0.2) is 9.78 Å². The van der Waals surface area contributed by atoms with Gasteiger partial charge in [-0.3, -0.25) is 48.1 Å². The quantitative estimate of drug-likeness (QED) is 0.0135. The Hall–Kier alpha value is -6.59. The predicted octanol–water partition coefficient (Wildman–Crippen LogP) is -6.48. The molecule has 392 valence electrons. The fraction of sp³-hybridized carbons (Fsp3) is 0.659. The van der Waals surface area contributed by atoms with Crippen molar-refractivity contribution in [2.75, 3.05) is 38.5 Å². The molecule has 0 aliphatic carbocycles. The SMILES string of the molecule is C[C@H](NC(=O)[C@H](CC(N)=O)NC(=O)[C@@H](N)Cc1cnc[nH]1)C(=O)N[C@@H](CCCCN)C(=O)N1CCC[C@H]1C(=O)N[C@@H](CCCCN)C(=O)NCC(=O)N[C@@H](CS)C(=O)N[C@@H](CCCN=C(N)N)C(=O)O. The molecule has 0 bridgehead atoms. The molecule has 1 fully saturated rings. The Kier molecular flexibility index (Phi) is 26.8. The van der Waals surface area contributed by atoms with Crippen molar-refractivity contribution < 1.29 is 53.1 Å². The van der Waals surface area contributed by atoms with Gasteiger partial charge in [-0.15, -0.1) is 0 Å². The lowest BCUT2D eigenvalue weighted by Gasteiger charge is -2.30. The molecule has 1 aliphatic rings. The average molecular weight is 1010 g/mol. The second-order valence-electron chi connectivity index (χ2n) is 16.6. The second kappa shape index (κ2) is 31.5. The number of aliphatic carboxylic acids is 1. The molecule has 1 aromatic heterocycles. The number of unbranched alkanes of at least 4 members (excludes halogenated alkanes) is 2. The van der Waals surface area contributed by atoms with Crippen molar-refractivity contribution >= 4 is 77.7 Å². The third kappa shape index (κ3) is 21.4. The van der Waals surface area contributed by atoms with Crippen LogP contribution in [0.5, 0.6) is 0 Å². The number of thiol groups is 1. The molecule has 70 heavy (non-hydrogen) atoms. The zero-order valence-corrected chi connectivity index (χ0v) is 40.2. The van der Waals surface area contributed by atoms with E-state index in [0.29, 0.717) is 37.8 Å². The van der Waals surface area contributed by atoms with Crippen LogP contribution in [0, 0.1) is 0 Å². The molecule has 21 N–H and O–H groups in total. The number of guanidine groups is 1. The van der Waals surface area contributed by atoms with Gasteiger partial charge in [-0.2, -0.15) is 12.6 Å². The van der Waals surface area contributed by atoms with E-state index in [1.54, 1.807) is 0 Å². The van der Waals surface area contributed by atoms with Crippen LogP contribution in [0.3, 0.4) is 0 Å². The predicted molar refractivity (Wildman–Crippen MR) is 256 cm³/mol. The fourth-order valence-corrected chi connectivity index (χ4v) is 7.39. The van der Waals surface area contributed by atoms with E-state index in [9.17, 15) is 53.1 Å². The number of rotatable bonds is 33. The number of aromatic amines is 1. The molecule has 1 aliphatic heterocycles. The van der Waals surface area contributed by atoms with Crippen molar-refractivity contribution in [3.05, 3.63) is 18.2 Å². The Morgan fingerprint density at radius 1 is 0.786 bits per heavy atom. The summed E-state index contributed by atoms with van der Waals surface area (Å²) in [5, 5.41) is 26.9. The molecule has 0 saturated carbocycles. The number of imidazole rings is 1. The van der Waals surface area contributed by atoms with E-state index >= 15 is 0 Å². The van der Waals surface area contributed by atoms with E-state index in [2.05, 4.69) is 64.8 Å². The molecule has 9 amide bonds. The van der Waals surface area contributed by atoms with Gasteiger partial charge in [0.2, 0.25) is 53.2 Å². The lowest BCUT2D eigenvalue weighted by molar-refractivity contribution is -0.142. The summed E-state index contributed by atoms with van der Waals surface area (Å²) < 4.78 is 0. The number of nitrogens with one attached hydrogen (secondary N) is 8. The van der Waals surface area contributed by atoms with Crippen molar-refractivity contribution in [2.24, 2.45) is 39.4 Å². The number of nitrogens with zero attached hydrogens (tertiary/aromatic N) is 3. The molecule has 8 atom stereocenters. The van der Waals surface area contributed by atoms with Crippen LogP contribution in [0.25, 0.3) is 0 Å². The maximum absolute atomic E-state index is 14.2. The van der Waals surface area contributed by atoms with Crippen LogP contribution >= 0.6 is 12.6 Å². The van der Waals surface area contributed by atoms with Crippen LogP contribution in [-0.4, -0.2) is 172 Å². The van der Waals surface area contributed by atoms with Crippen LogP contribution in [0.2, 0.25) is 0 Å². The molecular formula is C41H71N17O11S. The molecular weight excluding hydrogens is 939 g/mol. The number of carboxylic acid groups (broad SMARTS) is 1. The topological polar surface area (TPSA) is 476 Å². The van der Waals surface area contributed by atoms with Crippen LogP contribution in [0.1, 0.15) is 83.2 Å². The third-order valence-corrected chi connectivity index (χ3v) is 11.3. The van der Waals surface area contributed by atoms with Crippen LogP contribution in [0.4, 0.5) is 0 Å². The Balaban J connectivity index is 2.13. The van der Waals surface area contributed by atoms with Crippen molar-refractivity contribution in [2.45, 2.75) is 132 Å². The van der Waals surface area contributed by atoms with E-state index < -0.39 is 120 Å². The minimum atomic E-state index is -1.50. The number of amides is 9. The summed E-state index contributed by atoms with van der Waals surface area (Å²) in [7, 11) is 0. The smallest absolute Gasteiger partial charge is 0.326 e. The van der Waals surface area contributed by atoms with Crippen LogP contribution in [-0.2, 0) is 54.4 Å². The van der Waals surface area contributed by atoms with Crippen molar-refractivity contribution in [1.29, 1.82) is 0 Å². The molecule has 29 heteroatoms. The van der Waals surface area contributed by atoms with E-state index in [1.807, 2.05) is 0 Å². The highest BCUT2D eigenvalue weighted by Crippen LogP contribution is 2.21. The third-order valence-electron chi connectivity index (χ3n) is 10.9. The number of aliphatic imine (C=N–C) groups is 1. The summed E-state index contributed by atoms with van der Waals surface area (Å²) in [6.45, 7) is 1.50. The summed E-state index contributed by atoms with van der Waals surface area (Å²) >= 11 is 4.10. The summed E-state index contributed by atoms with van der Waals surface area (Å²) in [4.78, 5) is 142. The van der Waals surface area contributed by atoms with Gasteiger partial charge in [0, 0.05) is 37.2 Å². The first-order chi connectivity index (χ1) is 33.2. The maximum atomic E-state index is 14.2. The number of carbonyl (C=O) groups is 10. The monoisotopic (exact) mass is 1010 g/mol. The van der Waals surface area contributed by atoms with Gasteiger partial charge >= 0.3 is 5.97 Å². The van der Waals surface area contributed by atoms with Gasteiger partial charge in [0.1, 0.15) is 42.3 Å². The number of aromatic nitrogens is 2. The first kappa shape index (κ1) is 59.5. The summed E-state index contributed by atoms with van der Waals surface area (Å²) in [6, 6.07) is -10.00. The number of likely N-dealkylation sites (tertiary alicyclic amines) is 1. The Labute approximate surface area is 410 Å². The standard InChI is InChI=1S/C41H71N17O11S/c1-22(52-36(64)28(17-31(45)59)57-34(62)24(44)16-23-18-48-21-51-23)33(61)55-26(9-3-5-13-43)39(67)58-15-7-11-30(58)38(66)54-25(8-2-4-12-42)35(63)50-19-32(60)53-29(20-70)37(65)56-27(40(68)69)10-6-14-49-41(46)47/h18,21-22,24-30,70H,2-17,19-20,42-44H2,1H3,(H2,45,59)(H,48,51)(H,50,63)(H,52,64)(H,53,60)(H,54,66)(H,55,61)(H,56,65)(H,57,62)(H,68,69)(H4,46,47,49)/t22-,24-,25-,26-,27-,28-,29-,30-/m0/s1. The molecule has 1 saturated heterocycles. The highest BCUT2D eigenvalue weighted by molar-refractivity contribution is 7.80. The van der Waals surface area contributed by atoms with Crippen LogP contribution < -0.4 is 71.6 Å². The van der Waals surface area contributed by atoms with Crippen LogP contribution in [0.15, 0.2) is 17.5 Å². The highest BCUT2D eigenvalue weighted by atomic mass is 32.1. The highest BCUT2D eigenvalue weighted by Gasteiger charge is 2.39. The molecule has 2 rings (SSSR count). The first-order valence-electron chi connectivity index (χ1n) is 22.9. The van der Waals surface area contributed by atoms with Crippen molar-refractivity contribution in [3.63, 3.8) is 0 Å². The van der Waals surface area contributed by atoms with E-state index in [4.69, 9.17) is 34.4 Å². The van der Waals surface area contributed by atoms with Gasteiger partial charge in [-0.05, 0) is 84.2 Å². The molecule has 1 aromatic rings. The Morgan fingerprint density at radius 2 is 1.40 bits per heavy atom. The van der Waals surface area contributed by atoms with E-state index in [1.165, 1.54) is 24.3 Å². The molecule has 0 unspecified atom stereocenters. The number of hydrogen-bond donors (Lipinski definition) is 16. The average Bonchev–Trinajstić information content (AvgIpc) is 4.02. The largest absolute Gasteiger partial charge is 0.480 e. The summed E-state index contributed by atoms with van der Waals surface area (Å²) in [5.41, 5.74) is 33.8. The molecule has 0 radical (unpaired) electrons. The van der Waals surface area contributed by atoms with Gasteiger partial charge in [0.25, 0.3) is 0 Å². The minimum Gasteiger partial charge on any atom is -0.480 e. The second-order valence-corrected chi connectivity index (χ2v) is 17.0. The number of hydrogen-bond acceptors (Lipinski definition) is 16. The lowest BCUT2D eigenvalue weighted by Crippen LogP contribution is -2.59. The van der Waals surface area contributed by atoms with Gasteiger partial charge < -0.3 is 86.6 Å². The van der Waals surface area contributed by atoms with E-state index in [0.717, 1.165) is 0 Å². The Morgan fingerprint density at radius 3 is 1.99 bits per heavy atom. The fourth-order valence-electron chi connectivity index (χ4n) is 7.14. The zero-order chi connectivity index (χ0) is 52.3. The minimum absolute atomic E-state index is 0.0181. The zero-order valence-electron chi connectivity index (χ0n) is 39.3. The number of nitrogens with two attached hydrogens (primary N) is 6. The number of primary amides is 1. The molecule has 2 heterocycles. The number of H-pyrrole nitrogens is 1. The summed E-state index contributed by atoms with van der Waals surface area (Å²) in [6.07, 6.45) is 5.06. The maximum Gasteiger partial charge on any atom is 0.326 e. The molecule has 28 nitrogen and oxygen atoms in total. The van der Waals surface area contributed by atoms with Crippen molar-refractivity contribution in [1.82, 2.24) is 52.1 Å². The van der Waals surface area contributed by atoms with Crippen molar-refractivity contribution in [3.8, 4) is 0 Å². The Bertz CT molecular complexity index is 1960. The molecule has 0 aromatic carbocycles. The number of carboxylic acids is 1. The normalized spacial score (nSPS) is 16.1. The first-order valence-corrected chi connectivity index (χ1v) is 23.6. The van der Waals surface area contributed by atoms with Gasteiger partial charge in [-0.1, -0.05) is 0 Å². The van der Waals surface area contributed by atoms with E-state index in [-0.39, 0.29) is 76.4 Å². The van der Waals surface area contributed by atoms with Gasteiger partial charge in [0.05, 0.1) is 25.3 Å². The number of carbonyl (C=O) groups excluding carboxylic acids is 9. The summed E-state index contributed by atoms with van der Waals surface area (Å²) in [5.74, 6) is -8.88.